The van der Waals surface area contributed by atoms with Crippen LogP contribution < -0.4 is 14.8 Å². The maximum Gasteiger partial charge on any atom is 0.230 e. The van der Waals surface area contributed by atoms with Crippen LogP contribution in [0.15, 0.2) is 47.8 Å². The van der Waals surface area contributed by atoms with Gasteiger partial charge in [-0.1, -0.05) is 31.2 Å². The van der Waals surface area contributed by atoms with E-state index in [0.29, 0.717) is 30.4 Å². The molecule has 0 bridgehead atoms. The standard InChI is InChI=1S/C21H20N2O3S/c1-2-14-3-5-15(6-4-14)21-23-17(13-27-21)12-20(24)22-16-7-8-18-19(11-16)26-10-9-25-18/h3-8,11,13H,2,9-10,12H2,1H3,(H,22,24). The van der Waals surface area contributed by atoms with Crippen LogP contribution in [-0.2, 0) is 17.6 Å². The van der Waals surface area contributed by atoms with Gasteiger partial charge in [-0.25, -0.2) is 4.98 Å². The third-order valence-corrected chi connectivity index (χ3v) is 5.27. The van der Waals surface area contributed by atoms with E-state index >= 15 is 0 Å². The molecule has 2 aromatic carbocycles. The summed E-state index contributed by atoms with van der Waals surface area (Å²) >= 11 is 1.56. The molecule has 2 heterocycles. The molecule has 0 unspecified atom stereocenters. The molecule has 0 saturated heterocycles. The molecular formula is C21H20N2O3S. The SMILES string of the molecule is CCc1ccc(-c2nc(CC(=O)Nc3ccc4c(c3)OCCO4)cs2)cc1. The van der Waals surface area contributed by atoms with E-state index in [4.69, 9.17) is 9.47 Å². The van der Waals surface area contributed by atoms with Crippen LogP contribution in [0.3, 0.4) is 0 Å². The van der Waals surface area contributed by atoms with Gasteiger partial charge in [0.05, 0.1) is 12.1 Å². The first-order valence-electron chi connectivity index (χ1n) is 8.94. The molecule has 0 atom stereocenters. The molecule has 0 spiro atoms. The molecule has 3 aromatic rings. The third-order valence-electron chi connectivity index (χ3n) is 4.33. The fourth-order valence-electron chi connectivity index (χ4n) is 2.89. The number of carbonyl (C=O) groups is 1. The van der Waals surface area contributed by atoms with Crippen LogP contribution in [0, 0.1) is 0 Å². The number of nitrogens with one attached hydrogen (secondary N) is 1. The monoisotopic (exact) mass is 380 g/mol. The molecule has 27 heavy (non-hydrogen) atoms. The Hall–Kier alpha value is -2.86. The molecule has 0 radical (unpaired) electrons. The Morgan fingerprint density at radius 3 is 2.67 bits per heavy atom. The van der Waals surface area contributed by atoms with Crippen molar-refractivity contribution in [3.05, 3.63) is 59.1 Å². The largest absolute Gasteiger partial charge is 0.486 e. The van der Waals surface area contributed by atoms with Gasteiger partial charge < -0.3 is 14.8 Å². The predicted octanol–water partition coefficient (Wildman–Crippen LogP) is 4.32. The first-order valence-corrected chi connectivity index (χ1v) is 9.82. The quantitative estimate of drug-likeness (QED) is 0.716. The minimum absolute atomic E-state index is 0.107. The molecule has 6 heteroatoms. The van der Waals surface area contributed by atoms with Crippen molar-refractivity contribution in [2.75, 3.05) is 18.5 Å². The Morgan fingerprint density at radius 1 is 1.11 bits per heavy atom. The van der Waals surface area contributed by atoms with E-state index in [9.17, 15) is 4.79 Å². The van der Waals surface area contributed by atoms with E-state index in [2.05, 4.69) is 41.5 Å². The number of aryl methyl sites for hydroxylation is 1. The van der Waals surface area contributed by atoms with Crippen molar-refractivity contribution < 1.29 is 14.3 Å². The summed E-state index contributed by atoms with van der Waals surface area (Å²) in [5, 5.41) is 5.76. The smallest absolute Gasteiger partial charge is 0.230 e. The summed E-state index contributed by atoms with van der Waals surface area (Å²) in [4.78, 5) is 17.0. The van der Waals surface area contributed by atoms with E-state index in [-0.39, 0.29) is 12.3 Å². The van der Waals surface area contributed by atoms with Crippen LogP contribution in [0.1, 0.15) is 18.2 Å². The molecular weight excluding hydrogens is 360 g/mol. The minimum Gasteiger partial charge on any atom is -0.486 e. The molecule has 138 valence electrons. The maximum absolute atomic E-state index is 12.4. The number of benzene rings is 2. The fraction of sp³-hybridized carbons (Fsp3) is 0.238. The van der Waals surface area contributed by atoms with E-state index in [1.165, 1.54) is 5.56 Å². The number of thiazole rings is 1. The number of hydrogen-bond acceptors (Lipinski definition) is 5. The summed E-state index contributed by atoms with van der Waals surface area (Å²) in [5.74, 6) is 1.26. The topological polar surface area (TPSA) is 60.5 Å². The van der Waals surface area contributed by atoms with Crippen LogP contribution in [0.2, 0.25) is 0 Å². The van der Waals surface area contributed by atoms with Crippen molar-refractivity contribution in [1.82, 2.24) is 4.98 Å². The van der Waals surface area contributed by atoms with Gasteiger partial charge in [-0.15, -0.1) is 11.3 Å². The molecule has 1 N–H and O–H groups in total. The van der Waals surface area contributed by atoms with E-state index in [1.54, 1.807) is 17.4 Å². The van der Waals surface area contributed by atoms with Crippen LogP contribution in [-0.4, -0.2) is 24.1 Å². The number of nitrogens with zero attached hydrogens (tertiary/aromatic N) is 1. The number of rotatable bonds is 5. The highest BCUT2D eigenvalue weighted by Gasteiger charge is 2.14. The van der Waals surface area contributed by atoms with Crippen LogP contribution in [0.5, 0.6) is 11.5 Å². The molecule has 0 fully saturated rings. The van der Waals surface area contributed by atoms with Crippen molar-refractivity contribution in [1.29, 1.82) is 0 Å². The van der Waals surface area contributed by atoms with E-state index in [1.807, 2.05) is 17.5 Å². The Bertz CT molecular complexity index is 950. The van der Waals surface area contributed by atoms with Gasteiger partial charge in [0.2, 0.25) is 5.91 Å². The molecule has 5 nitrogen and oxygen atoms in total. The summed E-state index contributed by atoms with van der Waals surface area (Å²) < 4.78 is 11.0. The highest BCUT2D eigenvalue weighted by molar-refractivity contribution is 7.13. The minimum atomic E-state index is -0.107. The van der Waals surface area contributed by atoms with Gasteiger partial charge >= 0.3 is 0 Å². The third kappa shape index (κ3) is 4.11. The normalized spacial score (nSPS) is 12.6. The lowest BCUT2D eigenvalue weighted by Gasteiger charge is -2.18. The van der Waals surface area contributed by atoms with Crippen LogP contribution in [0.25, 0.3) is 10.6 Å². The van der Waals surface area contributed by atoms with Crippen molar-refractivity contribution in [3.63, 3.8) is 0 Å². The van der Waals surface area contributed by atoms with Gasteiger partial charge in [0.15, 0.2) is 11.5 Å². The number of fused-ring (bicyclic) bond motifs is 1. The Balaban J connectivity index is 1.40. The second kappa shape index (κ2) is 7.80. The number of carbonyl (C=O) groups excluding carboxylic acids is 1. The molecule has 1 aliphatic rings. The van der Waals surface area contributed by atoms with Crippen LogP contribution in [0.4, 0.5) is 5.69 Å². The number of anilines is 1. The molecule has 1 amide bonds. The van der Waals surface area contributed by atoms with Crippen molar-refractivity contribution in [2.24, 2.45) is 0 Å². The number of amides is 1. The highest BCUT2D eigenvalue weighted by Crippen LogP contribution is 2.32. The Labute approximate surface area is 162 Å². The zero-order valence-electron chi connectivity index (χ0n) is 15.0. The van der Waals surface area contributed by atoms with Crippen molar-refractivity contribution in [2.45, 2.75) is 19.8 Å². The average molecular weight is 380 g/mol. The lowest BCUT2D eigenvalue weighted by molar-refractivity contribution is -0.115. The highest BCUT2D eigenvalue weighted by atomic mass is 32.1. The van der Waals surface area contributed by atoms with Crippen LogP contribution >= 0.6 is 11.3 Å². The number of ether oxygens (including phenoxy) is 2. The summed E-state index contributed by atoms with van der Waals surface area (Å²) in [5.41, 5.74) is 3.84. The summed E-state index contributed by atoms with van der Waals surface area (Å²) in [6.45, 7) is 3.20. The Morgan fingerprint density at radius 2 is 1.89 bits per heavy atom. The van der Waals surface area contributed by atoms with Gasteiger partial charge in [-0.2, -0.15) is 0 Å². The lowest BCUT2D eigenvalue weighted by Crippen LogP contribution is -2.17. The van der Waals surface area contributed by atoms with Gasteiger partial charge in [-0.05, 0) is 24.1 Å². The lowest BCUT2D eigenvalue weighted by atomic mass is 10.1. The summed E-state index contributed by atoms with van der Waals surface area (Å²) in [7, 11) is 0. The number of hydrogen-bond donors (Lipinski definition) is 1. The first-order chi connectivity index (χ1) is 13.2. The predicted molar refractivity (Wildman–Crippen MR) is 107 cm³/mol. The zero-order chi connectivity index (χ0) is 18.6. The van der Waals surface area contributed by atoms with Gasteiger partial charge in [0, 0.05) is 22.7 Å². The van der Waals surface area contributed by atoms with E-state index in [0.717, 1.165) is 22.7 Å². The first kappa shape index (κ1) is 17.5. The van der Waals surface area contributed by atoms with Gasteiger partial charge in [0.25, 0.3) is 0 Å². The maximum atomic E-state index is 12.4. The zero-order valence-corrected chi connectivity index (χ0v) is 15.8. The Kier molecular flexibility index (Phi) is 5.07. The summed E-state index contributed by atoms with van der Waals surface area (Å²) in [6.07, 6.45) is 1.25. The fourth-order valence-corrected chi connectivity index (χ4v) is 3.72. The van der Waals surface area contributed by atoms with Crippen molar-refractivity contribution in [3.8, 4) is 22.1 Å². The molecule has 1 aromatic heterocycles. The van der Waals surface area contributed by atoms with E-state index < -0.39 is 0 Å². The van der Waals surface area contributed by atoms with Crippen molar-refractivity contribution >= 4 is 22.9 Å². The second-order valence-corrected chi connectivity index (χ2v) is 7.14. The number of aromatic nitrogens is 1. The molecule has 0 saturated carbocycles. The van der Waals surface area contributed by atoms with Gasteiger partial charge in [0.1, 0.15) is 18.2 Å². The van der Waals surface area contributed by atoms with Gasteiger partial charge in [-0.3, -0.25) is 4.79 Å². The molecule has 4 rings (SSSR count). The molecule has 0 aliphatic carbocycles. The average Bonchev–Trinajstić information content (AvgIpc) is 3.16. The summed E-state index contributed by atoms with van der Waals surface area (Å²) in [6, 6.07) is 13.8. The second-order valence-electron chi connectivity index (χ2n) is 6.28. The molecule has 1 aliphatic heterocycles.